The molecule has 0 bridgehead atoms. The zero-order chi connectivity index (χ0) is 15.9. The van der Waals surface area contributed by atoms with Gasteiger partial charge in [-0.05, 0) is 19.3 Å². The minimum atomic E-state index is 0.539. The molecule has 22 heavy (non-hydrogen) atoms. The van der Waals surface area contributed by atoms with E-state index in [1.165, 1.54) is 83.5 Å². The molecule has 1 aliphatic rings. The first-order chi connectivity index (χ1) is 10.9. The third-order valence-corrected chi connectivity index (χ3v) is 4.60. The van der Waals surface area contributed by atoms with Gasteiger partial charge in [-0.3, -0.25) is 4.79 Å². The summed E-state index contributed by atoms with van der Waals surface area (Å²) >= 11 is 0. The predicted octanol–water partition coefficient (Wildman–Crippen LogP) is 5.41. The molecule has 0 spiro atoms. The molecule has 0 N–H and O–H groups in total. The van der Waals surface area contributed by atoms with Gasteiger partial charge in [0.25, 0.3) is 6.47 Å². The van der Waals surface area contributed by atoms with Crippen LogP contribution in [0.2, 0.25) is 0 Å². The topological polar surface area (TPSA) is 38.8 Å². The fourth-order valence-electron chi connectivity index (χ4n) is 3.10. The number of rotatable bonds is 17. The lowest BCUT2D eigenvalue weighted by Gasteiger charge is -2.01. The van der Waals surface area contributed by atoms with Crippen molar-refractivity contribution in [2.75, 3.05) is 6.61 Å². The third-order valence-electron chi connectivity index (χ3n) is 4.60. The molecule has 2 atom stereocenters. The van der Waals surface area contributed by atoms with Gasteiger partial charge in [-0.2, -0.15) is 0 Å². The predicted molar refractivity (Wildman–Crippen MR) is 91.0 cm³/mol. The number of carbonyl (C=O) groups excluding carboxylic acids is 1. The molecule has 1 aliphatic heterocycles. The van der Waals surface area contributed by atoms with Crippen molar-refractivity contribution in [2.24, 2.45) is 0 Å². The average Bonchev–Trinajstić information content (AvgIpc) is 3.27. The first-order valence-corrected chi connectivity index (χ1v) is 9.59. The van der Waals surface area contributed by atoms with Crippen LogP contribution < -0.4 is 0 Å². The fourth-order valence-corrected chi connectivity index (χ4v) is 3.10. The summed E-state index contributed by atoms with van der Waals surface area (Å²) in [6, 6.07) is 0. The Bertz CT molecular complexity index is 255. The van der Waals surface area contributed by atoms with Crippen molar-refractivity contribution in [3.05, 3.63) is 0 Å². The maximum Gasteiger partial charge on any atom is 0.293 e. The van der Waals surface area contributed by atoms with E-state index in [4.69, 9.17) is 4.74 Å². The molecular formula is C19H36O3. The zero-order valence-corrected chi connectivity index (χ0v) is 14.6. The van der Waals surface area contributed by atoms with Crippen molar-refractivity contribution >= 4 is 6.47 Å². The highest BCUT2D eigenvalue weighted by Gasteiger charge is 2.36. The summed E-state index contributed by atoms with van der Waals surface area (Å²) in [5.74, 6) is 0. The summed E-state index contributed by atoms with van der Waals surface area (Å²) < 4.78 is 10.4. The van der Waals surface area contributed by atoms with Gasteiger partial charge in [-0.25, -0.2) is 0 Å². The Morgan fingerprint density at radius 3 is 1.82 bits per heavy atom. The molecule has 130 valence electrons. The maximum absolute atomic E-state index is 9.97. The van der Waals surface area contributed by atoms with Gasteiger partial charge in [-0.1, -0.05) is 77.6 Å². The molecule has 0 aliphatic carbocycles. The molecule has 1 saturated heterocycles. The molecule has 3 heteroatoms. The molecule has 1 fully saturated rings. The second-order valence-corrected chi connectivity index (χ2v) is 6.65. The van der Waals surface area contributed by atoms with Gasteiger partial charge < -0.3 is 9.47 Å². The summed E-state index contributed by atoms with van der Waals surface area (Å²) in [5, 5.41) is 0. The van der Waals surface area contributed by atoms with Gasteiger partial charge in [0, 0.05) is 0 Å². The van der Waals surface area contributed by atoms with Crippen molar-refractivity contribution < 1.29 is 14.3 Å². The number of hydrogen-bond acceptors (Lipinski definition) is 3. The first kappa shape index (κ1) is 19.5. The van der Waals surface area contributed by atoms with Gasteiger partial charge in [0.2, 0.25) is 0 Å². The Labute approximate surface area is 137 Å². The van der Waals surface area contributed by atoms with Crippen molar-refractivity contribution in [1.82, 2.24) is 0 Å². The summed E-state index contributed by atoms with van der Waals surface area (Å²) in [7, 11) is 0. The number of unbranched alkanes of at least 4 members (excludes halogenated alkanes) is 10. The Balaban J connectivity index is 1.74. The minimum Gasteiger partial charge on any atom is -0.468 e. The number of carbonyl (C=O) groups is 1. The van der Waals surface area contributed by atoms with Crippen LogP contribution in [0.3, 0.4) is 0 Å². The van der Waals surface area contributed by atoms with Crippen LogP contribution in [0.15, 0.2) is 0 Å². The van der Waals surface area contributed by atoms with Gasteiger partial charge >= 0.3 is 0 Å². The normalized spacial score (nSPS) is 20.0. The van der Waals surface area contributed by atoms with E-state index in [1.807, 2.05) is 0 Å². The molecule has 3 nitrogen and oxygen atoms in total. The van der Waals surface area contributed by atoms with Crippen LogP contribution in [0.4, 0.5) is 0 Å². The second-order valence-electron chi connectivity index (χ2n) is 6.65. The molecule has 0 aromatic carbocycles. The van der Waals surface area contributed by atoms with E-state index in [-0.39, 0.29) is 0 Å². The van der Waals surface area contributed by atoms with E-state index < -0.39 is 0 Å². The highest BCUT2D eigenvalue weighted by Crippen LogP contribution is 2.31. The largest absolute Gasteiger partial charge is 0.468 e. The lowest BCUT2D eigenvalue weighted by molar-refractivity contribution is -0.128. The lowest BCUT2D eigenvalue weighted by atomic mass is 10.0. The van der Waals surface area contributed by atoms with E-state index in [1.54, 1.807) is 0 Å². The van der Waals surface area contributed by atoms with Crippen LogP contribution in [0, 0.1) is 0 Å². The van der Waals surface area contributed by atoms with Crippen LogP contribution in [0.25, 0.3) is 0 Å². The smallest absolute Gasteiger partial charge is 0.293 e. The molecule has 0 aromatic heterocycles. The van der Waals surface area contributed by atoms with Gasteiger partial charge in [-0.15, -0.1) is 0 Å². The fraction of sp³-hybridized carbons (Fsp3) is 0.947. The average molecular weight is 312 g/mol. The van der Waals surface area contributed by atoms with E-state index in [0.717, 1.165) is 6.42 Å². The summed E-state index contributed by atoms with van der Waals surface area (Å²) in [6.07, 6.45) is 19.4. The van der Waals surface area contributed by atoms with Gasteiger partial charge in [0.05, 0.1) is 18.8 Å². The second kappa shape index (κ2) is 14.0. The molecule has 0 saturated carbocycles. The highest BCUT2D eigenvalue weighted by molar-refractivity contribution is 5.36. The first-order valence-electron chi connectivity index (χ1n) is 9.59. The van der Waals surface area contributed by atoms with Crippen molar-refractivity contribution in [1.29, 1.82) is 0 Å². The van der Waals surface area contributed by atoms with E-state index >= 15 is 0 Å². The lowest BCUT2D eigenvalue weighted by Crippen LogP contribution is -1.95. The Morgan fingerprint density at radius 1 is 0.773 bits per heavy atom. The molecule has 0 aromatic rings. The SMILES string of the molecule is CCCCCCCCC1OC1CCCCCCCCOC=O. The monoisotopic (exact) mass is 312 g/mol. The number of hydrogen-bond donors (Lipinski definition) is 0. The highest BCUT2D eigenvalue weighted by atomic mass is 16.6. The van der Waals surface area contributed by atoms with Gasteiger partial charge in [0.1, 0.15) is 0 Å². The molecule has 1 rings (SSSR count). The molecule has 0 radical (unpaired) electrons. The van der Waals surface area contributed by atoms with Crippen molar-refractivity contribution in [3.8, 4) is 0 Å². The number of ether oxygens (including phenoxy) is 2. The van der Waals surface area contributed by atoms with Crippen molar-refractivity contribution in [2.45, 2.75) is 109 Å². The van der Waals surface area contributed by atoms with Crippen molar-refractivity contribution in [3.63, 3.8) is 0 Å². The Hall–Kier alpha value is -0.570. The quantitative estimate of drug-likeness (QED) is 0.205. The molecule has 0 amide bonds. The van der Waals surface area contributed by atoms with E-state index in [9.17, 15) is 4.79 Å². The minimum absolute atomic E-state index is 0.539. The molecule has 1 heterocycles. The van der Waals surface area contributed by atoms with Gasteiger partial charge in [0.15, 0.2) is 0 Å². The summed E-state index contributed by atoms with van der Waals surface area (Å²) in [5.41, 5.74) is 0. The molecule has 2 unspecified atom stereocenters. The van der Waals surface area contributed by atoms with E-state index in [0.29, 0.717) is 25.3 Å². The van der Waals surface area contributed by atoms with Crippen LogP contribution in [-0.4, -0.2) is 25.3 Å². The third kappa shape index (κ3) is 11.1. The maximum atomic E-state index is 9.97. The van der Waals surface area contributed by atoms with Crippen LogP contribution in [0.5, 0.6) is 0 Å². The van der Waals surface area contributed by atoms with E-state index in [2.05, 4.69) is 11.7 Å². The Kier molecular flexibility index (Phi) is 12.4. The van der Waals surface area contributed by atoms with Crippen LogP contribution >= 0.6 is 0 Å². The summed E-state index contributed by atoms with van der Waals surface area (Å²) in [4.78, 5) is 9.97. The van der Waals surface area contributed by atoms with Crippen LogP contribution in [0.1, 0.15) is 96.8 Å². The standard InChI is InChI=1S/C19H36O3/c1-2-3-4-5-8-11-14-18-19(22-18)15-12-9-6-7-10-13-16-21-17-20/h17-19H,2-16H2,1H3. The van der Waals surface area contributed by atoms with Crippen LogP contribution in [-0.2, 0) is 14.3 Å². The molecular weight excluding hydrogens is 276 g/mol. The Morgan fingerprint density at radius 2 is 1.27 bits per heavy atom. The summed E-state index contributed by atoms with van der Waals surface area (Å²) in [6.45, 7) is 3.39. The number of epoxide rings is 1. The zero-order valence-electron chi connectivity index (χ0n) is 14.6.